The van der Waals surface area contributed by atoms with Crippen molar-refractivity contribution in [2.45, 2.75) is 0 Å². The average Bonchev–Trinajstić information content (AvgIpc) is 2.62. The minimum absolute atomic E-state index is 0.688. The molecule has 3 aromatic carbocycles. The molecule has 0 amide bonds. The molecule has 0 bridgehead atoms. The zero-order valence-corrected chi connectivity index (χ0v) is 12.5. The van der Waals surface area contributed by atoms with Crippen molar-refractivity contribution < 1.29 is 0 Å². The summed E-state index contributed by atoms with van der Waals surface area (Å²) in [5, 5.41) is 9.38. The molecule has 2 aliphatic rings. The maximum atomic E-state index is 4.32. The maximum absolute atomic E-state index is 4.32. The lowest BCUT2D eigenvalue weighted by atomic mass is 9.91. The number of hydrogen-bond donors (Lipinski definition) is 2. The first-order valence-corrected chi connectivity index (χ1v) is 7.78. The summed E-state index contributed by atoms with van der Waals surface area (Å²) in [5.74, 6) is 0. The Bertz CT molecular complexity index is 984. The summed E-state index contributed by atoms with van der Waals surface area (Å²) in [5.41, 5.74) is 7.16. The number of hydrogen-bond acceptors (Lipinski definition) is 3. The van der Waals surface area contributed by atoms with Crippen molar-refractivity contribution in [3.05, 3.63) is 71.9 Å². The molecule has 0 radical (unpaired) electrons. The van der Waals surface area contributed by atoms with Crippen LogP contribution in [-0.4, -0.2) is 12.9 Å². The molecule has 0 aliphatic carbocycles. The highest BCUT2D eigenvalue weighted by molar-refractivity contribution is 6.08. The molecule has 2 N–H and O–H groups in total. The third kappa shape index (κ3) is 1.87. The Hall–Kier alpha value is -3.07. The van der Waals surface area contributed by atoms with Crippen LogP contribution in [0.3, 0.4) is 0 Å². The summed E-state index contributed by atoms with van der Waals surface area (Å²) in [6.45, 7) is 0.688. The molecule has 0 saturated heterocycles. The van der Waals surface area contributed by atoms with Crippen LogP contribution in [0, 0.1) is 0 Å². The molecule has 2 heterocycles. The van der Waals surface area contributed by atoms with E-state index in [9.17, 15) is 0 Å². The van der Waals surface area contributed by atoms with Crippen LogP contribution >= 0.6 is 0 Å². The van der Waals surface area contributed by atoms with Crippen molar-refractivity contribution in [2.24, 2.45) is 4.99 Å². The molecule has 0 aromatic heterocycles. The monoisotopic (exact) mass is 297 g/mol. The predicted molar refractivity (Wildman–Crippen MR) is 96.4 cm³/mol. The van der Waals surface area contributed by atoms with E-state index in [1.54, 1.807) is 6.34 Å². The molecule has 23 heavy (non-hydrogen) atoms. The lowest BCUT2D eigenvalue weighted by Gasteiger charge is -2.27. The van der Waals surface area contributed by atoms with Crippen LogP contribution in [0.25, 0.3) is 27.6 Å². The van der Waals surface area contributed by atoms with E-state index >= 15 is 0 Å². The average molecular weight is 297 g/mol. The maximum Gasteiger partial charge on any atom is 0.0873 e. The van der Waals surface area contributed by atoms with E-state index in [1.165, 1.54) is 27.5 Å². The minimum atomic E-state index is 0.688. The largest absolute Gasteiger partial charge is 0.355 e. The van der Waals surface area contributed by atoms with Gasteiger partial charge in [0.2, 0.25) is 0 Å². The second-order valence-electron chi connectivity index (χ2n) is 5.89. The van der Waals surface area contributed by atoms with Gasteiger partial charge in [0, 0.05) is 16.6 Å². The second-order valence-corrected chi connectivity index (χ2v) is 5.89. The first-order valence-electron chi connectivity index (χ1n) is 7.78. The Morgan fingerprint density at radius 2 is 1.78 bits per heavy atom. The van der Waals surface area contributed by atoms with Gasteiger partial charge >= 0.3 is 0 Å². The van der Waals surface area contributed by atoms with Gasteiger partial charge in [-0.1, -0.05) is 42.5 Å². The number of fused-ring (bicyclic) bond motifs is 1. The van der Waals surface area contributed by atoms with Gasteiger partial charge in [-0.15, -0.1) is 0 Å². The number of nitrogens with one attached hydrogen (secondary N) is 2. The van der Waals surface area contributed by atoms with Crippen LogP contribution in [-0.2, 0) is 0 Å². The molecule has 0 saturated carbocycles. The summed E-state index contributed by atoms with van der Waals surface area (Å²) in [6.07, 6.45) is 1.79. The van der Waals surface area contributed by atoms with Crippen molar-refractivity contribution in [1.29, 1.82) is 0 Å². The van der Waals surface area contributed by atoms with Crippen LogP contribution in [0.5, 0.6) is 0 Å². The van der Waals surface area contributed by atoms with Gasteiger partial charge in [-0.2, -0.15) is 0 Å². The quantitative estimate of drug-likeness (QED) is 0.705. The molecule has 0 fully saturated rings. The van der Waals surface area contributed by atoms with Gasteiger partial charge in [0.05, 0.1) is 24.3 Å². The molecular weight excluding hydrogens is 282 g/mol. The van der Waals surface area contributed by atoms with Crippen molar-refractivity contribution in [1.82, 2.24) is 5.32 Å². The molecule has 3 aromatic rings. The summed E-state index contributed by atoms with van der Waals surface area (Å²) in [6, 6.07) is 21.5. The van der Waals surface area contributed by atoms with E-state index in [-0.39, 0.29) is 0 Å². The Morgan fingerprint density at radius 1 is 0.870 bits per heavy atom. The van der Waals surface area contributed by atoms with Gasteiger partial charge in [0.1, 0.15) is 0 Å². The fraction of sp³-hybridized carbons (Fsp3) is 0.0500. The van der Waals surface area contributed by atoms with Crippen LogP contribution in [0.2, 0.25) is 0 Å². The highest BCUT2D eigenvalue weighted by Gasteiger charge is 2.22. The fourth-order valence-corrected chi connectivity index (χ4v) is 3.44. The molecule has 3 nitrogen and oxygen atoms in total. The minimum Gasteiger partial charge on any atom is -0.355 e. The number of nitrogens with zero attached hydrogens (tertiary/aromatic N) is 1. The van der Waals surface area contributed by atoms with Crippen molar-refractivity contribution >= 4 is 28.5 Å². The summed E-state index contributed by atoms with van der Waals surface area (Å²) in [4.78, 5) is 4.32. The normalized spacial score (nSPS) is 15.1. The molecule has 0 atom stereocenters. The second kappa shape index (κ2) is 4.71. The highest BCUT2D eigenvalue weighted by Crippen LogP contribution is 2.39. The smallest absolute Gasteiger partial charge is 0.0873 e. The van der Waals surface area contributed by atoms with Crippen LogP contribution < -0.4 is 10.6 Å². The Labute approximate surface area is 134 Å². The molecule has 5 rings (SSSR count). The van der Waals surface area contributed by atoms with Gasteiger partial charge in [-0.05, 0) is 34.7 Å². The molecule has 0 spiro atoms. The highest BCUT2D eigenvalue weighted by atomic mass is 15.1. The van der Waals surface area contributed by atoms with E-state index in [0.29, 0.717) is 6.54 Å². The number of anilines is 1. The van der Waals surface area contributed by atoms with E-state index in [4.69, 9.17) is 0 Å². The lowest BCUT2D eigenvalue weighted by molar-refractivity contribution is 1.07. The van der Waals surface area contributed by atoms with Gasteiger partial charge in [0.15, 0.2) is 0 Å². The third-order valence-corrected chi connectivity index (χ3v) is 4.49. The van der Waals surface area contributed by atoms with Crippen LogP contribution in [0.4, 0.5) is 5.69 Å². The molecule has 3 heteroatoms. The SMILES string of the molecule is C1=NCC2=C(N1)c1cc(-c3ccccc3)cc3cccc(c13)N2. The standard InChI is InChI=1S/C20H15N3/c1-2-5-13(6-3-1)15-9-14-7-4-8-17-19(14)16(10-15)20-18(23-17)11-21-12-22-20/h1-10,12,23H,11H2,(H,21,22). The van der Waals surface area contributed by atoms with Crippen molar-refractivity contribution in [2.75, 3.05) is 11.9 Å². The van der Waals surface area contributed by atoms with E-state index in [1.807, 2.05) is 0 Å². The Morgan fingerprint density at radius 3 is 2.70 bits per heavy atom. The first-order chi connectivity index (χ1) is 11.4. The van der Waals surface area contributed by atoms with Gasteiger partial charge in [-0.3, -0.25) is 4.99 Å². The van der Waals surface area contributed by atoms with Crippen LogP contribution in [0.1, 0.15) is 5.56 Å². The number of benzene rings is 3. The van der Waals surface area contributed by atoms with Crippen molar-refractivity contribution in [3.63, 3.8) is 0 Å². The van der Waals surface area contributed by atoms with Gasteiger partial charge in [-0.25, -0.2) is 0 Å². The van der Waals surface area contributed by atoms with Gasteiger partial charge < -0.3 is 10.6 Å². The van der Waals surface area contributed by atoms with E-state index < -0.39 is 0 Å². The number of rotatable bonds is 1. The van der Waals surface area contributed by atoms with E-state index in [0.717, 1.165) is 17.1 Å². The zero-order chi connectivity index (χ0) is 15.2. The molecular formula is C20H15N3. The van der Waals surface area contributed by atoms with Crippen LogP contribution in [0.15, 0.2) is 71.4 Å². The topological polar surface area (TPSA) is 36.4 Å². The Kier molecular flexibility index (Phi) is 2.56. The molecule has 110 valence electrons. The third-order valence-electron chi connectivity index (χ3n) is 4.49. The molecule has 0 unspecified atom stereocenters. The van der Waals surface area contributed by atoms with E-state index in [2.05, 4.69) is 76.3 Å². The number of aliphatic imine (C=N–C) groups is 1. The predicted octanol–water partition coefficient (Wildman–Crippen LogP) is 4.23. The van der Waals surface area contributed by atoms with Crippen molar-refractivity contribution in [3.8, 4) is 11.1 Å². The zero-order valence-electron chi connectivity index (χ0n) is 12.5. The first kappa shape index (κ1) is 12.5. The molecule has 2 aliphatic heterocycles. The Balaban J connectivity index is 1.83. The summed E-state index contributed by atoms with van der Waals surface area (Å²) >= 11 is 0. The summed E-state index contributed by atoms with van der Waals surface area (Å²) in [7, 11) is 0. The fourth-order valence-electron chi connectivity index (χ4n) is 3.44. The van der Waals surface area contributed by atoms with Gasteiger partial charge in [0.25, 0.3) is 0 Å². The summed E-state index contributed by atoms with van der Waals surface area (Å²) < 4.78 is 0. The lowest BCUT2D eigenvalue weighted by Crippen LogP contribution is -2.24.